The number of fused-ring (bicyclic) bond motifs is 1. The van der Waals surface area contributed by atoms with E-state index in [0.29, 0.717) is 16.9 Å². The van der Waals surface area contributed by atoms with Gasteiger partial charge in [0.1, 0.15) is 17.5 Å². The van der Waals surface area contributed by atoms with E-state index in [4.69, 9.17) is 5.73 Å². The quantitative estimate of drug-likeness (QED) is 0.622. The smallest absolute Gasteiger partial charge is 0.164 e. The molecule has 0 spiro atoms. The van der Waals surface area contributed by atoms with Gasteiger partial charge in [-0.25, -0.2) is 23.4 Å². The highest BCUT2D eigenvalue weighted by Crippen LogP contribution is 2.24. The monoisotopic (exact) mass is 337 g/mol. The molecule has 7 heteroatoms. The molecule has 0 fully saturated rings. The van der Waals surface area contributed by atoms with Gasteiger partial charge >= 0.3 is 0 Å². The minimum absolute atomic E-state index is 0.0778. The van der Waals surface area contributed by atoms with E-state index in [-0.39, 0.29) is 17.9 Å². The molecule has 0 aliphatic rings. The van der Waals surface area contributed by atoms with Gasteiger partial charge in [-0.15, -0.1) is 0 Å². The first-order valence-corrected chi connectivity index (χ1v) is 7.61. The van der Waals surface area contributed by atoms with Crippen molar-refractivity contribution in [2.24, 2.45) is 0 Å². The molecule has 2 heterocycles. The third-order valence-corrected chi connectivity index (χ3v) is 3.93. The van der Waals surface area contributed by atoms with Crippen molar-refractivity contribution in [1.82, 2.24) is 19.7 Å². The van der Waals surface area contributed by atoms with Crippen LogP contribution in [-0.4, -0.2) is 19.7 Å². The Morgan fingerprint density at radius 1 is 0.920 bits per heavy atom. The SMILES string of the molecule is Nc1nc(-c2ccccc2)nc2c1cnn2Cc1c(F)cccc1F. The lowest BCUT2D eigenvalue weighted by Gasteiger charge is -2.07. The Hall–Kier alpha value is -3.35. The summed E-state index contributed by atoms with van der Waals surface area (Å²) in [6, 6.07) is 13.1. The van der Waals surface area contributed by atoms with Crippen LogP contribution in [0.1, 0.15) is 5.56 Å². The molecule has 124 valence electrons. The minimum atomic E-state index is -0.631. The summed E-state index contributed by atoms with van der Waals surface area (Å²) in [5, 5.41) is 4.71. The summed E-state index contributed by atoms with van der Waals surface area (Å²) in [7, 11) is 0. The maximum atomic E-state index is 13.9. The molecule has 4 aromatic rings. The topological polar surface area (TPSA) is 69.6 Å². The average Bonchev–Trinajstić information content (AvgIpc) is 3.02. The average molecular weight is 337 g/mol. The highest BCUT2D eigenvalue weighted by molar-refractivity contribution is 5.86. The van der Waals surface area contributed by atoms with Gasteiger partial charge in [0.15, 0.2) is 11.5 Å². The summed E-state index contributed by atoms with van der Waals surface area (Å²) in [6.45, 7) is -0.0906. The van der Waals surface area contributed by atoms with Gasteiger partial charge in [-0.2, -0.15) is 5.10 Å². The Bertz CT molecular complexity index is 1040. The van der Waals surface area contributed by atoms with Gasteiger partial charge in [0.05, 0.1) is 18.1 Å². The molecule has 0 unspecified atom stereocenters. The van der Waals surface area contributed by atoms with Crippen molar-refractivity contribution < 1.29 is 8.78 Å². The van der Waals surface area contributed by atoms with Gasteiger partial charge in [0.25, 0.3) is 0 Å². The molecule has 2 aromatic carbocycles. The van der Waals surface area contributed by atoms with Crippen LogP contribution < -0.4 is 5.73 Å². The van der Waals surface area contributed by atoms with E-state index in [1.807, 2.05) is 30.3 Å². The van der Waals surface area contributed by atoms with Crippen LogP contribution in [0.3, 0.4) is 0 Å². The van der Waals surface area contributed by atoms with Crippen molar-refractivity contribution in [1.29, 1.82) is 0 Å². The first-order chi connectivity index (χ1) is 12.1. The van der Waals surface area contributed by atoms with Crippen LogP contribution in [0, 0.1) is 11.6 Å². The largest absolute Gasteiger partial charge is 0.383 e. The fourth-order valence-corrected chi connectivity index (χ4v) is 2.64. The molecule has 25 heavy (non-hydrogen) atoms. The third kappa shape index (κ3) is 2.69. The lowest BCUT2D eigenvalue weighted by molar-refractivity contribution is 0.536. The Kier molecular flexibility index (Phi) is 3.61. The molecular formula is C18H13F2N5. The van der Waals surface area contributed by atoms with E-state index in [9.17, 15) is 8.78 Å². The zero-order chi connectivity index (χ0) is 17.4. The summed E-state index contributed by atoms with van der Waals surface area (Å²) in [5.41, 5.74) is 7.15. The molecule has 0 aliphatic carbocycles. The number of nitrogens with two attached hydrogens (primary N) is 1. The number of hydrogen-bond donors (Lipinski definition) is 1. The van der Waals surface area contributed by atoms with Gasteiger partial charge in [0, 0.05) is 11.1 Å². The predicted octanol–water partition coefficient (Wildman–Crippen LogP) is 3.40. The molecule has 0 amide bonds. The maximum Gasteiger partial charge on any atom is 0.164 e. The van der Waals surface area contributed by atoms with E-state index in [2.05, 4.69) is 15.1 Å². The predicted molar refractivity (Wildman–Crippen MR) is 90.6 cm³/mol. The van der Waals surface area contributed by atoms with Crippen LogP contribution >= 0.6 is 0 Å². The molecule has 2 aromatic heterocycles. The lowest BCUT2D eigenvalue weighted by Crippen LogP contribution is -2.08. The standard InChI is InChI=1S/C18H13F2N5/c19-14-7-4-8-15(20)13(14)10-25-18-12(9-22-25)16(21)23-17(24-18)11-5-2-1-3-6-11/h1-9H,10H2,(H2,21,23,24). The first kappa shape index (κ1) is 15.2. The van der Waals surface area contributed by atoms with Crippen molar-refractivity contribution in [3.8, 4) is 11.4 Å². The number of anilines is 1. The molecule has 0 saturated heterocycles. The molecule has 0 radical (unpaired) electrons. The van der Waals surface area contributed by atoms with Crippen molar-refractivity contribution in [3.63, 3.8) is 0 Å². The Balaban J connectivity index is 1.84. The van der Waals surface area contributed by atoms with Crippen molar-refractivity contribution in [2.75, 3.05) is 5.73 Å². The van der Waals surface area contributed by atoms with Crippen molar-refractivity contribution in [3.05, 3.63) is 71.9 Å². The Labute approximate surface area is 141 Å². The Morgan fingerprint density at radius 3 is 2.36 bits per heavy atom. The highest BCUT2D eigenvalue weighted by Gasteiger charge is 2.15. The highest BCUT2D eigenvalue weighted by atomic mass is 19.1. The number of rotatable bonds is 3. The number of aromatic nitrogens is 4. The molecule has 4 rings (SSSR count). The van der Waals surface area contributed by atoms with Crippen LogP contribution in [0.2, 0.25) is 0 Å². The van der Waals surface area contributed by atoms with Gasteiger partial charge in [-0.05, 0) is 12.1 Å². The molecular weight excluding hydrogens is 324 g/mol. The van der Waals surface area contributed by atoms with E-state index in [1.165, 1.54) is 29.1 Å². The van der Waals surface area contributed by atoms with Gasteiger partial charge in [-0.1, -0.05) is 36.4 Å². The number of halogens is 2. The van der Waals surface area contributed by atoms with Gasteiger partial charge < -0.3 is 5.73 Å². The minimum Gasteiger partial charge on any atom is -0.383 e. The van der Waals surface area contributed by atoms with Crippen molar-refractivity contribution in [2.45, 2.75) is 6.54 Å². The fraction of sp³-hybridized carbons (Fsp3) is 0.0556. The molecule has 2 N–H and O–H groups in total. The number of nitrogens with zero attached hydrogens (tertiary/aromatic N) is 4. The fourth-order valence-electron chi connectivity index (χ4n) is 2.64. The van der Waals surface area contributed by atoms with Crippen LogP contribution in [0.5, 0.6) is 0 Å². The molecule has 0 atom stereocenters. The second kappa shape index (κ2) is 5.94. The molecule has 0 bridgehead atoms. The van der Waals surface area contributed by atoms with Crippen LogP contribution in [0.4, 0.5) is 14.6 Å². The third-order valence-electron chi connectivity index (χ3n) is 3.93. The normalized spacial score (nSPS) is 11.1. The van der Waals surface area contributed by atoms with E-state index < -0.39 is 11.6 Å². The summed E-state index contributed by atoms with van der Waals surface area (Å²) in [5.74, 6) is -0.562. The van der Waals surface area contributed by atoms with Crippen LogP contribution in [0.25, 0.3) is 22.4 Å². The number of benzene rings is 2. The summed E-state index contributed by atoms with van der Waals surface area (Å²) in [4.78, 5) is 8.78. The lowest BCUT2D eigenvalue weighted by atomic mass is 10.2. The molecule has 0 saturated carbocycles. The molecule has 5 nitrogen and oxygen atoms in total. The second-order valence-electron chi connectivity index (χ2n) is 5.54. The van der Waals surface area contributed by atoms with E-state index in [1.54, 1.807) is 0 Å². The second-order valence-corrected chi connectivity index (χ2v) is 5.54. The summed E-state index contributed by atoms with van der Waals surface area (Å²) < 4.78 is 29.3. The molecule has 0 aliphatic heterocycles. The van der Waals surface area contributed by atoms with Gasteiger partial charge in [-0.3, -0.25) is 0 Å². The van der Waals surface area contributed by atoms with E-state index in [0.717, 1.165) is 5.56 Å². The Morgan fingerprint density at radius 2 is 1.64 bits per heavy atom. The zero-order valence-corrected chi connectivity index (χ0v) is 13.0. The van der Waals surface area contributed by atoms with Crippen LogP contribution in [0.15, 0.2) is 54.7 Å². The van der Waals surface area contributed by atoms with Gasteiger partial charge in [0.2, 0.25) is 0 Å². The summed E-state index contributed by atoms with van der Waals surface area (Å²) >= 11 is 0. The van der Waals surface area contributed by atoms with E-state index >= 15 is 0 Å². The number of hydrogen-bond acceptors (Lipinski definition) is 4. The zero-order valence-electron chi connectivity index (χ0n) is 13.0. The van der Waals surface area contributed by atoms with Crippen molar-refractivity contribution >= 4 is 16.9 Å². The summed E-state index contributed by atoms with van der Waals surface area (Å²) in [6.07, 6.45) is 1.50. The first-order valence-electron chi connectivity index (χ1n) is 7.61. The number of nitrogen functional groups attached to an aromatic ring is 1. The van der Waals surface area contributed by atoms with Crippen LogP contribution in [-0.2, 0) is 6.54 Å². The maximum absolute atomic E-state index is 13.9.